The molecule has 4 heteroatoms. The van der Waals surface area contributed by atoms with Gasteiger partial charge in [0.05, 0.1) is 4.92 Å². The third-order valence-corrected chi connectivity index (χ3v) is 3.19. The molecule has 0 saturated carbocycles. The molecule has 0 aromatic heterocycles. The van der Waals surface area contributed by atoms with Crippen LogP contribution in [-0.4, -0.2) is 11.0 Å². The minimum Gasteiger partial charge on any atom is -0.310 e. The Morgan fingerprint density at radius 2 is 1.70 bits per heavy atom. The summed E-state index contributed by atoms with van der Waals surface area (Å²) in [7, 11) is 0. The lowest BCUT2D eigenvalue weighted by molar-refractivity contribution is -0.384. The van der Waals surface area contributed by atoms with Crippen LogP contribution in [0.3, 0.4) is 0 Å². The smallest absolute Gasteiger partial charge is 0.269 e. The molecule has 0 heterocycles. The molecule has 1 N–H and O–H groups in total. The molecular weight excluding hydrogens is 252 g/mol. The molecule has 20 heavy (non-hydrogen) atoms. The summed E-state index contributed by atoms with van der Waals surface area (Å²) in [5, 5.41) is 14.0. The summed E-state index contributed by atoms with van der Waals surface area (Å²) in [5.74, 6) is 0. The van der Waals surface area contributed by atoms with Gasteiger partial charge >= 0.3 is 0 Å². The molecule has 0 saturated heterocycles. The topological polar surface area (TPSA) is 55.2 Å². The lowest BCUT2D eigenvalue weighted by Gasteiger charge is -2.13. The van der Waals surface area contributed by atoms with Crippen molar-refractivity contribution in [1.29, 1.82) is 0 Å². The fourth-order valence-corrected chi connectivity index (χ4v) is 2.07. The molecule has 0 aliphatic heterocycles. The first-order chi connectivity index (χ1) is 9.65. The number of hydrogen-bond donors (Lipinski definition) is 1. The van der Waals surface area contributed by atoms with Crippen LogP contribution in [0, 0.1) is 10.1 Å². The number of nitro benzene ring substituents is 1. The minimum absolute atomic E-state index is 0.131. The molecule has 0 radical (unpaired) electrons. The molecule has 0 aliphatic carbocycles. The molecule has 2 aromatic carbocycles. The molecule has 1 unspecified atom stereocenters. The molecule has 0 bridgehead atoms. The number of nitro groups is 1. The molecule has 0 amide bonds. The van der Waals surface area contributed by atoms with Crippen molar-refractivity contribution in [1.82, 2.24) is 5.32 Å². The Bertz CT molecular complexity index is 552. The first-order valence-electron chi connectivity index (χ1n) is 6.66. The molecule has 2 aromatic rings. The predicted octanol–water partition coefficient (Wildman–Crippen LogP) is 3.32. The van der Waals surface area contributed by atoms with Crippen molar-refractivity contribution in [2.45, 2.75) is 25.9 Å². The van der Waals surface area contributed by atoms with E-state index in [4.69, 9.17) is 0 Å². The summed E-state index contributed by atoms with van der Waals surface area (Å²) in [6.45, 7) is 2.85. The van der Waals surface area contributed by atoms with E-state index in [9.17, 15) is 10.1 Å². The van der Waals surface area contributed by atoms with Crippen LogP contribution in [0.5, 0.6) is 0 Å². The number of hydrogen-bond acceptors (Lipinski definition) is 3. The lowest BCUT2D eigenvalue weighted by Crippen LogP contribution is -2.27. The summed E-state index contributed by atoms with van der Waals surface area (Å²) in [5.41, 5.74) is 2.48. The van der Waals surface area contributed by atoms with Gasteiger partial charge < -0.3 is 5.32 Å². The Morgan fingerprint density at radius 1 is 1.05 bits per heavy atom. The Hall–Kier alpha value is -2.20. The number of non-ortho nitro benzene ring substituents is 1. The van der Waals surface area contributed by atoms with Gasteiger partial charge in [-0.3, -0.25) is 10.1 Å². The first kappa shape index (κ1) is 14.2. The molecule has 0 spiro atoms. The second-order valence-corrected chi connectivity index (χ2v) is 4.90. The summed E-state index contributed by atoms with van der Waals surface area (Å²) in [6, 6.07) is 17.3. The first-order valence-corrected chi connectivity index (χ1v) is 6.66. The van der Waals surface area contributed by atoms with Gasteiger partial charge in [0.15, 0.2) is 0 Å². The normalized spacial score (nSPS) is 12.1. The average Bonchev–Trinajstić information content (AvgIpc) is 2.46. The van der Waals surface area contributed by atoms with E-state index in [1.165, 1.54) is 5.56 Å². The fourth-order valence-electron chi connectivity index (χ4n) is 2.07. The van der Waals surface area contributed by atoms with Crippen LogP contribution in [0.2, 0.25) is 0 Å². The summed E-state index contributed by atoms with van der Waals surface area (Å²) in [4.78, 5) is 10.2. The molecule has 0 fully saturated rings. The Balaban J connectivity index is 1.84. The third kappa shape index (κ3) is 4.17. The zero-order valence-corrected chi connectivity index (χ0v) is 11.5. The van der Waals surface area contributed by atoms with Crippen LogP contribution in [0.4, 0.5) is 5.69 Å². The van der Waals surface area contributed by atoms with Crippen molar-refractivity contribution in [2.75, 3.05) is 0 Å². The minimum atomic E-state index is -0.380. The molecule has 104 valence electrons. The third-order valence-electron chi connectivity index (χ3n) is 3.19. The van der Waals surface area contributed by atoms with Gasteiger partial charge in [0, 0.05) is 24.7 Å². The van der Waals surface area contributed by atoms with E-state index < -0.39 is 0 Å². The molecule has 0 aliphatic rings. The van der Waals surface area contributed by atoms with E-state index in [-0.39, 0.29) is 10.6 Å². The Kier molecular flexibility index (Phi) is 4.85. The van der Waals surface area contributed by atoms with Crippen LogP contribution in [0.25, 0.3) is 0 Å². The summed E-state index contributed by atoms with van der Waals surface area (Å²) in [6.07, 6.45) is 0.966. The SMILES string of the molecule is CC(Cc1ccccc1)NCc1ccc([N+](=O)[O-])cc1. The van der Waals surface area contributed by atoms with Crippen molar-refractivity contribution in [3.63, 3.8) is 0 Å². The molecule has 2 rings (SSSR count). The van der Waals surface area contributed by atoms with Crippen LogP contribution in [0.15, 0.2) is 54.6 Å². The van der Waals surface area contributed by atoms with E-state index in [2.05, 4.69) is 24.4 Å². The maximum absolute atomic E-state index is 10.6. The second-order valence-electron chi connectivity index (χ2n) is 4.90. The largest absolute Gasteiger partial charge is 0.310 e. The fraction of sp³-hybridized carbons (Fsp3) is 0.250. The molecular formula is C16H18N2O2. The highest BCUT2D eigenvalue weighted by Gasteiger charge is 2.06. The lowest BCUT2D eigenvalue weighted by atomic mass is 10.1. The van der Waals surface area contributed by atoms with Gasteiger partial charge in [0.2, 0.25) is 0 Å². The molecule has 4 nitrogen and oxygen atoms in total. The van der Waals surface area contributed by atoms with Gasteiger partial charge in [-0.2, -0.15) is 0 Å². The van der Waals surface area contributed by atoms with Crippen molar-refractivity contribution in [3.05, 3.63) is 75.8 Å². The maximum Gasteiger partial charge on any atom is 0.269 e. The quantitative estimate of drug-likeness (QED) is 0.647. The summed E-state index contributed by atoms with van der Waals surface area (Å²) < 4.78 is 0. The zero-order chi connectivity index (χ0) is 14.4. The van der Waals surface area contributed by atoms with Gasteiger partial charge in [-0.25, -0.2) is 0 Å². The number of nitrogens with one attached hydrogen (secondary N) is 1. The number of nitrogens with zero attached hydrogens (tertiary/aromatic N) is 1. The van der Waals surface area contributed by atoms with Crippen molar-refractivity contribution in [3.8, 4) is 0 Å². The van der Waals surface area contributed by atoms with Gasteiger partial charge in [-0.1, -0.05) is 42.5 Å². The van der Waals surface area contributed by atoms with E-state index in [1.54, 1.807) is 24.3 Å². The number of rotatable bonds is 6. The van der Waals surface area contributed by atoms with E-state index in [0.717, 1.165) is 12.0 Å². The zero-order valence-electron chi connectivity index (χ0n) is 11.5. The summed E-state index contributed by atoms with van der Waals surface area (Å²) >= 11 is 0. The van der Waals surface area contributed by atoms with Gasteiger partial charge in [0.25, 0.3) is 5.69 Å². The maximum atomic E-state index is 10.6. The van der Waals surface area contributed by atoms with Gasteiger partial charge in [-0.15, -0.1) is 0 Å². The highest BCUT2D eigenvalue weighted by molar-refractivity contribution is 5.32. The highest BCUT2D eigenvalue weighted by Crippen LogP contribution is 2.12. The van der Waals surface area contributed by atoms with Gasteiger partial charge in [-0.05, 0) is 24.5 Å². The van der Waals surface area contributed by atoms with Crippen molar-refractivity contribution >= 4 is 5.69 Å². The van der Waals surface area contributed by atoms with E-state index in [1.807, 2.05) is 18.2 Å². The molecule has 1 atom stereocenters. The number of benzene rings is 2. The Morgan fingerprint density at radius 3 is 2.30 bits per heavy atom. The Labute approximate surface area is 118 Å². The second kappa shape index (κ2) is 6.82. The predicted molar refractivity (Wildman–Crippen MR) is 79.5 cm³/mol. The van der Waals surface area contributed by atoms with E-state index >= 15 is 0 Å². The van der Waals surface area contributed by atoms with Crippen LogP contribution in [-0.2, 0) is 13.0 Å². The van der Waals surface area contributed by atoms with Crippen molar-refractivity contribution < 1.29 is 4.92 Å². The highest BCUT2D eigenvalue weighted by atomic mass is 16.6. The standard InChI is InChI=1S/C16H18N2O2/c1-13(11-14-5-3-2-4-6-14)17-12-15-7-9-16(10-8-15)18(19)20/h2-10,13,17H,11-12H2,1H3. The van der Waals surface area contributed by atoms with E-state index in [0.29, 0.717) is 12.6 Å². The van der Waals surface area contributed by atoms with Crippen LogP contribution < -0.4 is 5.32 Å². The van der Waals surface area contributed by atoms with Crippen LogP contribution >= 0.6 is 0 Å². The van der Waals surface area contributed by atoms with Crippen LogP contribution in [0.1, 0.15) is 18.1 Å². The van der Waals surface area contributed by atoms with Gasteiger partial charge in [0.1, 0.15) is 0 Å². The monoisotopic (exact) mass is 270 g/mol. The average molecular weight is 270 g/mol. The van der Waals surface area contributed by atoms with Crippen molar-refractivity contribution in [2.24, 2.45) is 0 Å².